The first-order valence-corrected chi connectivity index (χ1v) is 21.2. The van der Waals surface area contributed by atoms with Crippen LogP contribution >= 0.6 is 0 Å². The van der Waals surface area contributed by atoms with Crippen molar-refractivity contribution in [1.29, 1.82) is 0 Å². The molecule has 4 aromatic rings. The number of nitrogens with one attached hydrogen (secondary N) is 2. The van der Waals surface area contributed by atoms with Gasteiger partial charge in [0.05, 0.1) is 31.5 Å². The number of methoxy groups -OCH3 is 2. The summed E-state index contributed by atoms with van der Waals surface area (Å²) in [5.41, 5.74) is 1.02. The van der Waals surface area contributed by atoms with Crippen LogP contribution in [0, 0.1) is 28.9 Å². The number of likely N-dealkylation sites (tertiary alicyclic amines) is 3. The Morgan fingerprint density at radius 2 is 1.66 bits per heavy atom. The van der Waals surface area contributed by atoms with Crippen LogP contribution in [0.15, 0.2) is 48.9 Å². The second-order valence-electron chi connectivity index (χ2n) is 17.5. The number of nitrogens with zero attached hydrogens (tertiary/aromatic N) is 6. The number of hydrogen-bond acceptors (Lipinski definition) is 11. The van der Waals surface area contributed by atoms with Gasteiger partial charge in [-0.25, -0.2) is 19.2 Å². The molecule has 0 saturated carbocycles. The van der Waals surface area contributed by atoms with Gasteiger partial charge >= 0.3 is 12.1 Å². The number of hydrogen-bond donors (Lipinski definition) is 2. The van der Waals surface area contributed by atoms with Crippen LogP contribution in [0.4, 0.5) is 25.1 Å². The van der Waals surface area contributed by atoms with Crippen molar-refractivity contribution in [2.75, 3.05) is 71.9 Å². The van der Waals surface area contributed by atoms with E-state index < -0.39 is 28.6 Å². The van der Waals surface area contributed by atoms with Crippen molar-refractivity contribution < 1.29 is 42.2 Å². The number of amides is 3. The maximum absolute atomic E-state index is 15.0. The molecule has 3 fully saturated rings. The summed E-state index contributed by atoms with van der Waals surface area (Å²) in [5.74, 6) is -2.34. The molecule has 3 amide bonds. The number of ether oxygens (including phenoxy) is 3. The Morgan fingerprint density at radius 1 is 0.935 bits per heavy atom. The van der Waals surface area contributed by atoms with Gasteiger partial charge in [0.2, 0.25) is 11.7 Å². The third-order valence-corrected chi connectivity index (χ3v) is 12.3. The number of carbonyl (C=O) groups is 4. The van der Waals surface area contributed by atoms with Crippen LogP contribution in [0.5, 0.6) is 5.75 Å². The fourth-order valence-electron chi connectivity index (χ4n) is 8.73. The average molecular weight is 859 g/mol. The van der Waals surface area contributed by atoms with Crippen molar-refractivity contribution in [3.8, 4) is 17.0 Å². The predicted molar refractivity (Wildman–Crippen MR) is 227 cm³/mol. The van der Waals surface area contributed by atoms with Crippen molar-refractivity contribution in [2.24, 2.45) is 17.3 Å². The summed E-state index contributed by atoms with van der Waals surface area (Å²) >= 11 is 0. The molecule has 3 aliphatic heterocycles. The minimum absolute atomic E-state index is 0.00778. The first-order chi connectivity index (χ1) is 29.6. The highest BCUT2D eigenvalue weighted by Gasteiger charge is 2.45. The Labute approximate surface area is 360 Å². The fraction of sp³-hybridized carbons (Fsp3) is 0.511. The van der Waals surface area contributed by atoms with Gasteiger partial charge < -0.3 is 39.5 Å². The standard InChI is InChI=1S/C45H56F2N8O7/c1-7-29-22-31(51-38-39-49-23-34(55(39)21-16-48-38)33-10-11-35(60-5)37(47)36(33)46)8-9-32(29)40(56)50-27-45(42(58)61-6)14-19-53(20-15-45)41(57)30-12-17-52(18-13-30)24-28-25-54(26-28)43(59)62-44(2,3)4/h8-11,16,21-23,28,30H,7,12-15,17-20,24-27H2,1-6H3,(H,48,51)(H,50,56). The van der Waals surface area contributed by atoms with E-state index in [1.807, 2.05) is 38.7 Å². The maximum atomic E-state index is 15.0. The minimum Gasteiger partial charge on any atom is -0.494 e. The number of aromatic nitrogens is 3. The molecular weight excluding hydrogens is 803 g/mol. The number of imidazole rings is 1. The van der Waals surface area contributed by atoms with Gasteiger partial charge in [0.25, 0.3) is 5.91 Å². The summed E-state index contributed by atoms with van der Waals surface area (Å²) in [6, 6.07) is 8.05. The molecule has 0 atom stereocenters. The summed E-state index contributed by atoms with van der Waals surface area (Å²) in [4.78, 5) is 67.8. The monoisotopic (exact) mass is 858 g/mol. The number of halogens is 2. The second kappa shape index (κ2) is 18.2. The van der Waals surface area contributed by atoms with Crippen molar-refractivity contribution in [2.45, 2.75) is 65.4 Å². The normalized spacial score (nSPS) is 17.4. The van der Waals surface area contributed by atoms with Crippen LogP contribution in [0.2, 0.25) is 0 Å². The molecule has 5 heterocycles. The van der Waals surface area contributed by atoms with E-state index in [9.17, 15) is 23.6 Å². The number of benzene rings is 2. The number of fused-ring (bicyclic) bond motifs is 1. The van der Waals surface area contributed by atoms with Crippen LogP contribution in [0.3, 0.4) is 0 Å². The highest BCUT2D eigenvalue weighted by atomic mass is 19.2. The third kappa shape index (κ3) is 9.32. The number of aryl methyl sites for hydroxylation is 1. The Bertz CT molecular complexity index is 2310. The molecule has 332 valence electrons. The van der Waals surface area contributed by atoms with E-state index in [0.717, 1.165) is 38.0 Å². The molecule has 62 heavy (non-hydrogen) atoms. The number of esters is 1. The molecule has 15 nitrogen and oxygen atoms in total. The minimum atomic E-state index is -1.10. The molecule has 3 saturated heterocycles. The van der Waals surface area contributed by atoms with Crippen molar-refractivity contribution in [3.05, 3.63) is 71.7 Å². The Hall–Kier alpha value is -5.84. The van der Waals surface area contributed by atoms with Gasteiger partial charge in [-0.1, -0.05) is 6.92 Å². The molecule has 17 heteroatoms. The summed E-state index contributed by atoms with van der Waals surface area (Å²) in [7, 11) is 2.61. The number of rotatable bonds is 12. The molecule has 2 aromatic carbocycles. The lowest BCUT2D eigenvalue weighted by atomic mass is 9.77. The number of carbonyl (C=O) groups excluding carboxylic acids is 4. The molecule has 0 aliphatic carbocycles. The molecule has 2 N–H and O–H groups in total. The first kappa shape index (κ1) is 44.2. The van der Waals surface area contributed by atoms with Crippen molar-refractivity contribution >= 4 is 41.0 Å². The quantitative estimate of drug-likeness (QED) is 0.159. The summed E-state index contributed by atoms with van der Waals surface area (Å²) in [6.07, 6.45) is 7.05. The first-order valence-electron chi connectivity index (χ1n) is 21.2. The summed E-state index contributed by atoms with van der Waals surface area (Å²) in [6.45, 7) is 12.2. The SMILES string of the molecule is CCc1cc(Nc2nccn3c(-c4ccc(OC)c(F)c4F)cnc23)ccc1C(=O)NCC1(C(=O)OC)CCN(C(=O)C2CCN(CC3CN(C(=O)OC(C)(C)C)C3)CC2)CC1. The lowest BCUT2D eigenvalue weighted by molar-refractivity contribution is -0.158. The van der Waals surface area contributed by atoms with Gasteiger partial charge in [0, 0.05) is 80.3 Å². The largest absolute Gasteiger partial charge is 0.494 e. The van der Waals surface area contributed by atoms with E-state index in [2.05, 4.69) is 25.5 Å². The average Bonchev–Trinajstić information content (AvgIpc) is 3.69. The van der Waals surface area contributed by atoms with Crippen LogP contribution in [-0.2, 0) is 25.5 Å². The van der Waals surface area contributed by atoms with Gasteiger partial charge in [-0.15, -0.1) is 0 Å². The summed E-state index contributed by atoms with van der Waals surface area (Å²) in [5, 5.41) is 6.24. The van der Waals surface area contributed by atoms with E-state index in [4.69, 9.17) is 14.2 Å². The molecular formula is C45H56F2N8O7. The Kier molecular flexibility index (Phi) is 13.0. The van der Waals surface area contributed by atoms with E-state index in [1.54, 1.807) is 27.6 Å². The Balaban J connectivity index is 0.924. The lowest BCUT2D eigenvalue weighted by Crippen LogP contribution is -2.56. The van der Waals surface area contributed by atoms with E-state index in [-0.39, 0.29) is 41.7 Å². The zero-order valence-electron chi connectivity index (χ0n) is 36.3. The van der Waals surface area contributed by atoms with Gasteiger partial charge in [-0.3, -0.25) is 18.8 Å². The van der Waals surface area contributed by atoms with Crippen LogP contribution < -0.4 is 15.4 Å². The Morgan fingerprint density at radius 3 is 2.32 bits per heavy atom. The number of piperidine rings is 2. The van der Waals surface area contributed by atoms with E-state index >= 15 is 4.39 Å². The van der Waals surface area contributed by atoms with Gasteiger partial charge in [0.15, 0.2) is 23.0 Å². The van der Waals surface area contributed by atoms with Gasteiger partial charge in [0.1, 0.15) is 5.60 Å². The maximum Gasteiger partial charge on any atom is 0.410 e. The molecule has 0 unspecified atom stereocenters. The fourth-order valence-corrected chi connectivity index (χ4v) is 8.73. The lowest BCUT2D eigenvalue weighted by Gasteiger charge is -2.44. The zero-order valence-corrected chi connectivity index (χ0v) is 36.3. The second-order valence-corrected chi connectivity index (χ2v) is 17.5. The van der Waals surface area contributed by atoms with Crippen LogP contribution in [0.25, 0.3) is 16.9 Å². The van der Waals surface area contributed by atoms with Gasteiger partial charge in [-0.2, -0.15) is 4.39 Å². The highest BCUT2D eigenvalue weighted by molar-refractivity contribution is 5.96. The van der Waals surface area contributed by atoms with Crippen molar-refractivity contribution in [1.82, 2.24) is 34.4 Å². The molecule has 2 aromatic heterocycles. The molecule has 0 bridgehead atoms. The molecule has 3 aliphatic rings. The predicted octanol–water partition coefficient (Wildman–Crippen LogP) is 6.08. The van der Waals surface area contributed by atoms with Gasteiger partial charge in [-0.05, 0) is 102 Å². The third-order valence-electron chi connectivity index (χ3n) is 12.3. The molecule has 7 rings (SSSR count). The number of anilines is 2. The van der Waals surface area contributed by atoms with Crippen LogP contribution in [0.1, 0.15) is 69.3 Å². The topological polar surface area (TPSA) is 160 Å². The van der Waals surface area contributed by atoms with E-state index in [0.29, 0.717) is 79.8 Å². The molecule has 0 radical (unpaired) electrons. The van der Waals surface area contributed by atoms with Crippen molar-refractivity contribution in [3.63, 3.8) is 0 Å². The zero-order chi connectivity index (χ0) is 44.3. The smallest absolute Gasteiger partial charge is 0.410 e. The highest BCUT2D eigenvalue weighted by Crippen LogP contribution is 2.35. The summed E-state index contributed by atoms with van der Waals surface area (Å²) < 4.78 is 46.8. The van der Waals surface area contributed by atoms with Crippen LogP contribution in [-0.4, -0.2) is 125 Å². The molecule has 0 spiro atoms. The van der Waals surface area contributed by atoms with E-state index in [1.165, 1.54) is 38.7 Å².